The van der Waals surface area contributed by atoms with E-state index in [4.69, 9.17) is 17.3 Å². The van der Waals surface area contributed by atoms with Gasteiger partial charge in [-0.05, 0) is 6.92 Å². The molecule has 0 saturated carbocycles. The third kappa shape index (κ3) is 2.98. The smallest absolute Gasteiger partial charge is 0.191 e. The van der Waals surface area contributed by atoms with E-state index in [1.165, 1.54) is 11.3 Å². The van der Waals surface area contributed by atoms with Crippen molar-refractivity contribution in [1.29, 1.82) is 0 Å². The minimum absolute atomic E-state index is 0.411. The number of nitrogens with zero attached hydrogens (tertiary/aromatic N) is 4. The lowest BCUT2D eigenvalue weighted by Gasteiger charge is -2.04. The van der Waals surface area contributed by atoms with Gasteiger partial charge >= 0.3 is 0 Å². The van der Waals surface area contributed by atoms with Crippen molar-refractivity contribution >= 4 is 34.7 Å². The highest BCUT2D eigenvalue weighted by Crippen LogP contribution is 2.26. The van der Waals surface area contributed by atoms with Gasteiger partial charge in [0.25, 0.3) is 0 Å². The van der Waals surface area contributed by atoms with E-state index in [0.29, 0.717) is 11.0 Å². The Hall–Kier alpha value is -0.630. The van der Waals surface area contributed by atoms with Gasteiger partial charge in [-0.3, -0.25) is 0 Å². The number of thioether (sulfide) groups is 1. The zero-order valence-corrected chi connectivity index (χ0v) is 11.6. The number of thiazole rings is 1. The predicted molar refractivity (Wildman–Crippen MR) is 70.3 cm³/mol. The molecule has 92 valence electrons. The lowest BCUT2D eigenvalue weighted by atomic mass is 10.6. The monoisotopic (exact) mass is 289 g/mol. The third-order valence-corrected chi connectivity index (χ3v) is 4.47. The van der Waals surface area contributed by atoms with E-state index < -0.39 is 0 Å². The van der Waals surface area contributed by atoms with Crippen molar-refractivity contribution in [1.82, 2.24) is 19.7 Å². The summed E-state index contributed by atoms with van der Waals surface area (Å²) in [6, 6.07) is 0. The van der Waals surface area contributed by atoms with E-state index in [1.54, 1.807) is 18.0 Å². The van der Waals surface area contributed by atoms with E-state index in [9.17, 15) is 0 Å². The first kappa shape index (κ1) is 12.8. The molecule has 0 aromatic carbocycles. The first-order valence-electron chi connectivity index (χ1n) is 5.09. The molecule has 2 aromatic rings. The minimum Gasteiger partial charge on any atom is -0.324 e. The van der Waals surface area contributed by atoms with Crippen molar-refractivity contribution in [3.8, 4) is 0 Å². The Balaban J connectivity index is 2.06. The van der Waals surface area contributed by atoms with Gasteiger partial charge in [0.05, 0.1) is 6.54 Å². The second-order valence-electron chi connectivity index (χ2n) is 3.22. The van der Waals surface area contributed by atoms with Gasteiger partial charge in [0.1, 0.15) is 5.82 Å². The van der Waals surface area contributed by atoms with E-state index in [-0.39, 0.29) is 0 Å². The Morgan fingerprint density at radius 2 is 2.35 bits per heavy atom. The molecule has 0 aliphatic rings. The molecule has 2 N–H and O–H groups in total. The number of hydrogen-bond donors (Lipinski definition) is 1. The molecule has 0 amide bonds. The van der Waals surface area contributed by atoms with Crippen molar-refractivity contribution < 1.29 is 0 Å². The summed E-state index contributed by atoms with van der Waals surface area (Å²) < 4.78 is 2.59. The van der Waals surface area contributed by atoms with Crippen molar-refractivity contribution in [3.63, 3.8) is 0 Å². The maximum Gasteiger partial charge on any atom is 0.191 e. The van der Waals surface area contributed by atoms with Crippen LogP contribution in [0.2, 0.25) is 4.47 Å². The molecule has 0 unspecified atom stereocenters. The maximum absolute atomic E-state index is 5.78. The lowest BCUT2D eigenvalue weighted by molar-refractivity contribution is 0.643. The standard InChI is InChI=1S/C9H12ClN5S2/c1-2-15-7(3-11)13-14-9(15)16-5-6-4-12-8(10)17-6/h4H,2-3,5,11H2,1H3. The van der Waals surface area contributed by atoms with Gasteiger partial charge in [0.15, 0.2) is 9.62 Å². The van der Waals surface area contributed by atoms with Gasteiger partial charge in [0, 0.05) is 23.4 Å². The number of halogens is 1. The summed E-state index contributed by atoms with van der Waals surface area (Å²) >= 11 is 8.88. The van der Waals surface area contributed by atoms with Crippen molar-refractivity contribution in [2.45, 2.75) is 30.9 Å². The molecular weight excluding hydrogens is 278 g/mol. The Morgan fingerprint density at radius 1 is 1.53 bits per heavy atom. The van der Waals surface area contributed by atoms with Crippen LogP contribution in [-0.4, -0.2) is 19.7 Å². The van der Waals surface area contributed by atoms with Gasteiger partial charge in [-0.2, -0.15) is 0 Å². The molecule has 0 spiro atoms. The van der Waals surface area contributed by atoms with E-state index >= 15 is 0 Å². The number of nitrogens with two attached hydrogens (primary N) is 1. The number of aromatic nitrogens is 4. The Bertz CT molecular complexity index is 495. The largest absolute Gasteiger partial charge is 0.324 e. The molecule has 0 fully saturated rings. The topological polar surface area (TPSA) is 69.6 Å². The summed E-state index contributed by atoms with van der Waals surface area (Å²) in [5, 5.41) is 9.07. The zero-order chi connectivity index (χ0) is 12.3. The minimum atomic E-state index is 0.411. The van der Waals surface area contributed by atoms with Crippen molar-refractivity contribution in [3.05, 3.63) is 21.4 Å². The second kappa shape index (κ2) is 5.81. The van der Waals surface area contributed by atoms with E-state index in [0.717, 1.165) is 28.2 Å². The van der Waals surface area contributed by atoms with Gasteiger partial charge in [-0.25, -0.2) is 4.98 Å². The van der Waals surface area contributed by atoms with Crippen LogP contribution in [0.25, 0.3) is 0 Å². The van der Waals surface area contributed by atoms with Crippen LogP contribution in [0.15, 0.2) is 11.4 Å². The van der Waals surface area contributed by atoms with Crippen LogP contribution in [0.3, 0.4) is 0 Å². The zero-order valence-electron chi connectivity index (χ0n) is 9.26. The SMILES string of the molecule is CCn1c(CN)nnc1SCc1cnc(Cl)s1. The first-order chi connectivity index (χ1) is 8.24. The molecule has 0 atom stereocenters. The highest BCUT2D eigenvalue weighted by atomic mass is 35.5. The molecule has 5 nitrogen and oxygen atoms in total. The van der Waals surface area contributed by atoms with Crippen LogP contribution in [0.4, 0.5) is 0 Å². The Morgan fingerprint density at radius 3 is 2.94 bits per heavy atom. The number of rotatable bonds is 5. The van der Waals surface area contributed by atoms with Gasteiger partial charge in [0.2, 0.25) is 0 Å². The summed E-state index contributed by atoms with van der Waals surface area (Å²) in [7, 11) is 0. The van der Waals surface area contributed by atoms with Crippen LogP contribution in [-0.2, 0) is 18.8 Å². The van der Waals surface area contributed by atoms with Crippen LogP contribution >= 0.6 is 34.7 Å². The van der Waals surface area contributed by atoms with Crippen molar-refractivity contribution in [2.75, 3.05) is 0 Å². The molecule has 0 aliphatic heterocycles. The second-order valence-corrected chi connectivity index (χ2v) is 5.86. The summed E-state index contributed by atoms with van der Waals surface area (Å²) in [6.45, 7) is 3.29. The van der Waals surface area contributed by atoms with Gasteiger partial charge in [-0.15, -0.1) is 21.5 Å². The summed E-state index contributed by atoms with van der Waals surface area (Å²) in [5.74, 6) is 1.62. The first-order valence-corrected chi connectivity index (χ1v) is 7.27. The molecule has 0 aliphatic carbocycles. The molecule has 2 aromatic heterocycles. The Labute approximate surface area is 112 Å². The quantitative estimate of drug-likeness (QED) is 0.854. The molecular formula is C9H12ClN5S2. The Kier molecular flexibility index (Phi) is 4.38. The molecule has 0 bridgehead atoms. The maximum atomic E-state index is 5.78. The van der Waals surface area contributed by atoms with E-state index in [2.05, 4.69) is 22.1 Å². The molecule has 17 heavy (non-hydrogen) atoms. The molecule has 0 saturated heterocycles. The third-order valence-electron chi connectivity index (χ3n) is 2.16. The van der Waals surface area contributed by atoms with Crippen molar-refractivity contribution in [2.24, 2.45) is 5.73 Å². The number of hydrogen-bond acceptors (Lipinski definition) is 6. The van der Waals surface area contributed by atoms with Crippen LogP contribution in [0, 0.1) is 0 Å². The molecule has 2 rings (SSSR count). The average molecular weight is 290 g/mol. The highest BCUT2D eigenvalue weighted by Gasteiger charge is 2.10. The molecule has 2 heterocycles. The summed E-state index contributed by atoms with van der Waals surface area (Å²) in [5.41, 5.74) is 5.59. The fourth-order valence-electron chi connectivity index (χ4n) is 1.38. The lowest BCUT2D eigenvalue weighted by Crippen LogP contribution is -2.07. The average Bonchev–Trinajstić information content (AvgIpc) is 2.91. The fourth-order valence-corrected chi connectivity index (χ4v) is 3.40. The summed E-state index contributed by atoms with van der Waals surface area (Å²) in [4.78, 5) is 5.13. The molecule has 8 heteroatoms. The van der Waals surface area contributed by atoms with Crippen LogP contribution in [0.1, 0.15) is 17.6 Å². The van der Waals surface area contributed by atoms with Gasteiger partial charge in [-0.1, -0.05) is 23.4 Å². The van der Waals surface area contributed by atoms with Crippen LogP contribution < -0.4 is 5.73 Å². The molecule has 0 radical (unpaired) electrons. The van der Waals surface area contributed by atoms with Gasteiger partial charge < -0.3 is 10.3 Å². The summed E-state index contributed by atoms with van der Waals surface area (Å²) in [6.07, 6.45) is 1.79. The normalized spacial score (nSPS) is 11.0. The highest BCUT2D eigenvalue weighted by molar-refractivity contribution is 7.98. The predicted octanol–water partition coefficient (Wildman–Crippen LogP) is 2.16. The fraction of sp³-hybridized carbons (Fsp3) is 0.444. The van der Waals surface area contributed by atoms with Crippen LogP contribution in [0.5, 0.6) is 0 Å². The van der Waals surface area contributed by atoms with E-state index in [1.807, 2.05) is 4.57 Å².